The minimum atomic E-state index is -1.18. The second kappa shape index (κ2) is 9.82. The molecule has 0 aliphatic carbocycles. The highest BCUT2D eigenvalue weighted by atomic mass is 16.6. The molecule has 38 heavy (non-hydrogen) atoms. The maximum atomic E-state index is 14.6. The van der Waals surface area contributed by atoms with E-state index in [1.165, 1.54) is 4.90 Å². The van der Waals surface area contributed by atoms with Gasteiger partial charge in [-0.2, -0.15) is 0 Å². The van der Waals surface area contributed by atoms with Crippen molar-refractivity contribution in [3.63, 3.8) is 0 Å². The minimum Gasteiger partial charge on any atom is -0.466 e. The molecule has 8 heteroatoms. The van der Waals surface area contributed by atoms with Crippen molar-refractivity contribution in [3.05, 3.63) is 55.1 Å². The molecule has 2 amide bonds. The number of amides is 2. The third kappa shape index (κ3) is 3.68. The van der Waals surface area contributed by atoms with Gasteiger partial charge in [0.2, 0.25) is 5.91 Å². The fourth-order valence-electron chi connectivity index (χ4n) is 7.03. The van der Waals surface area contributed by atoms with Crippen molar-refractivity contribution >= 4 is 34.2 Å². The summed E-state index contributed by atoms with van der Waals surface area (Å²) in [5.74, 6) is -2.76. The molecule has 3 aliphatic heterocycles. The van der Waals surface area contributed by atoms with Gasteiger partial charge in [-0.05, 0) is 56.0 Å². The van der Waals surface area contributed by atoms with Gasteiger partial charge >= 0.3 is 5.97 Å². The Morgan fingerprint density at radius 2 is 1.97 bits per heavy atom. The summed E-state index contributed by atoms with van der Waals surface area (Å²) in [6.07, 6.45) is 3.21. The molecule has 6 atom stereocenters. The van der Waals surface area contributed by atoms with Crippen molar-refractivity contribution in [2.45, 2.75) is 63.3 Å². The van der Waals surface area contributed by atoms with Crippen LogP contribution in [0.1, 0.15) is 40.0 Å². The first-order chi connectivity index (χ1) is 18.3. The van der Waals surface area contributed by atoms with Crippen LogP contribution < -0.4 is 4.90 Å². The van der Waals surface area contributed by atoms with Crippen molar-refractivity contribution in [2.75, 3.05) is 24.7 Å². The highest BCUT2D eigenvalue weighted by Gasteiger charge is 2.79. The summed E-state index contributed by atoms with van der Waals surface area (Å²) in [7, 11) is 0. The normalized spacial score (nSPS) is 30.4. The smallest absolute Gasteiger partial charge is 0.312 e. The summed E-state index contributed by atoms with van der Waals surface area (Å²) >= 11 is 0. The van der Waals surface area contributed by atoms with Crippen molar-refractivity contribution < 1.29 is 29.0 Å². The molecular weight excluding hydrogens is 484 g/mol. The number of ether oxygens (including phenoxy) is 2. The van der Waals surface area contributed by atoms with Crippen molar-refractivity contribution in [1.29, 1.82) is 0 Å². The van der Waals surface area contributed by atoms with Crippen LogP contribution in [0.2, 0.25) is 0 Å². The third-order valence-corrected chi connectivity index (χ3v) is 8.75. The lowest BCUT2D eigenvalue weighted by molar-refractivity contribution is -0.161. The molecule has 1 N–H and O–H groups in total. The molecule has 1 spiro atoms. The van der Waals surface area contributed by atoms with Crippen LogP contribution in [-0.4, -0.2) is 70.8 Å². The van der Waals surface area contributed by atoms with Crippen molar-refractivity contribution in [3.8, 4) is 0 Å². The van der Waals surface area contributed by atoms with Gasteiger partial charge in [-0.1, -0.05) is 43.3 Å². The van der Waals surface area contributed by atoms with E-state index in [0.717, 1.165) is 10.8 Å². The number of benzene rings is 2. The average molecular weight is 521 g/mol. The number of likely N-dealkylation sites (tertiary alicyclic amines) is 1. The second-order valence-electron chi connectivity index (χ2n) is 10.6. The number of carbonyl (C=O) groups is 3. The molecule has 3 fully saturated rings. The summed E-state index contributed by atoms with van der Waals surface area (Å²) in [6, 6.07) is 12.1. The summed E-state index contributed by atoms with van der Waals surface area (Å²) in [5.41, 5.74) is -1.36. The number of aliphatic hydroxyl groups excluding tert-OH is 1. The van der Waals surface area contributed by atoms with E-state index >= 15 is 0 Å². The van der Waals surface area contributed by atoms with E-state index in [0.29, 0.717) is 24.9 Å². The molecule has 2 unspecified atom stereocenters. The molecule has 0 radical (unpaired) electrons. The topological polar surface area (TPSA) is 96.4 Å². The van der Waals surface area contributed by atoms with Crippen LogP contribution in [0.4, 0.5) is 5.69 Å². The third-order valence-electron chi connectivity index (χ3n) is 8.75. The molecule has 8 nitrogen and oxygen atoms in total. The van der Waals surface area contributed by atoms with E-state index in [9.17, 15) is 19.5 Å². The number of nitrogens with zero attached hydrogens (tertiary/aromatic N) is 2. The van der Waals surface area contributed by atoms with E-state index in [4.69, 9.17) is 9.47 Å². The summed E-state index contributed by atoms with van der Waals surface area (Å²) in [5, 5.41) is 12.1. The number of rotatable bonds is 9. The van der Waals surface area contributed by atoms with Gasteiger partial charge in [-0.3, -0.25) is 14.4 Å². The quantitative estimate of drug-likeness (QED) is 0.402. The molecule has 0 aromatic heterocycles. The first kappa shape index (κ1) is 26.4. The van der Waals surface area contributed by atoms with Gasteiger partial charge in [0.05, 0.1) is 30.8 Å². The highest BCUT2D eigenvalue weighted by Crippen LogP contribution is 2.64. The lowest BCUT2D eigenvalue weighted by Crippen LogP contribution is -2.58. The summed E-state index contributed by atoms with van der Waals surface area (Å²) in [6.45, 7) is 9.36. The molecule has 202 valence electrons. The Kier molecular flexibility index (Phi) is 6.82. The van der Waals surface area contributed by atoms with Crippen LogP contribution in [0.25, 0.3) is 10.8 Å². The predicted molar refractivity (Wildman–Crippen MR) is 143 cm³/mol. The monoisotopic (exact) mass is 520 g/mol. The van der Waals surface area contributed by atoms with Crippen molar-refractivity contribution in [1.82, 2.24) is 4.90 Å². The predicted octanol–water partition coefficient (Wildman–Crippen LogP) is 3.46. The maximum Gasteiger partial charge on any atom is 0.312 e. The summed E-state index contributed by atoms with van der Waals surface area (Å²) in [4.78, 5) is 45.0. The van der Waals surface area contributed by atoms with Gasteiger partial charge in [0.25, 0.3) is 5.91 Å². The molecule has 2 bridgehead atoms. The molecule has 3 aliphatic rings. The maximum absolute atomic E-state index is 14.6. The molecule has 3 saturated heterocycles. The first-order valence-corrected chi connectivity index (χ1v) is 13.5. The lowest BCUT2D eigenvalue weighted by atomic mass is 9.65. The molecule has 3 heterocycles. The molecule has 2 aromatic carbocycles. The SMILES string of the molecule is C=CCN(C(=O)C1N([C@H](C)CO)C(=O)[C@@H]2[C@@H](C(=O)OCC)[C@@]3(CC)CCC12O3)c1ccc2ccccc2c1. The minimum absolute atomic E-state index is 0.192. The number of aliphatic hydroxyl groups is 1. The average Bonchev–Trinajstić information content (AvgIpc) is 3.54. The molecule has 5 rings (SSSR count). The van der Waals surface area contributed by atoms with Crippen LogP contribution in [0.15, 0.2) is 55.1 Å². The van der Waals surface area contributed by atoms with E-state index in [2.05, 4.69) is 6.58 Å². The number of esters is 1. The Labute approximate surface area is 223 Å². The molecule has 2 aromatic rings. The fourth-order valence-corrected chi connectivity index (χ4v) is 7.03. The van der Waals surface area contributed by atoms with Gasteiger partial charge in [-0.15, -0.1) is 6.58 Å². The molecule has 0 saturated carbocycles. The number of fused-ring (bicyclic) bond motifs is 2. The van der Waals surface area contributed by atoms with E-state index in [1.807, 2.05) is 49.4 Å². The second-order valence-corrected chi connectivity index (χ2v) is 10.6. The van der Waals surface area contributed by atoms with Gasteiger partial charge < -0.3 is 24.4 Å². The largest absolute Gasteiger partial charge is 0.466 e. The van der Waals surface area contributed by atoms with E-state index in [-0.39, 0.29) is 31.6 Å². The first-order valence-electron chi connectivity index (χ1n) is 13.5. The Morgan fingerprint density at radius 3 is 2.63 bits per heavy atom. The molecular formula is C30H36N2O6. The zero-order chi connectivity index (χ0) is 27.2. The number of carbonyl (C=O) groups excluding carboxylic acids is 3. The number of hydrogen-bond donors (Lipinski definition) is 1. The number of anilines is 1. The summed E-state index contributed by atoms with van der Waals surface area (Å²) < 4.78 is 12.2. The van der Waals surface area contributed by atoms with Crippen LogP contribution in [0.5, 0.6) is 0 Å². The zero-order valence-electron chi connectivity index (χ0n) is 22.3. The Morgan fingerprint density at radius 1 is 1.24 bits per heavy atom. The number of hydrogen-bond acceptors (Lipinski definition) is 6. The fraction of sp³-hybridized carbons (Fsp3) is 0.500. The van der Waals surface area contributed by atoms with Crippen LogP contribution in [0.3, 0.4) is 0 Å². The Balaban J connectivity index is 1.62. The standard InChI is InChI=1S/C30H36N2O6/c1-5-16-31(22-13-12-20-10-8-9-11-21(20)17-22)27(35)25-30-15-14-29(6-2,38-30)24(28(36)37-7-3)23(30)26(34)32(25)19(4)18-33/h5,8-13,17,19,23-25,33H,1,6-7,14-16,18H2,2-4H3/t19-,23+,24+,25?,29-,30?/m1/s1. The Hall–Kier alpha value is -3.23. The highest BCUT2D eigenvalue weighted by molar-refractivity contribution is 6.05. The Bertz CT molecular complexity index is 1280. The van der Waals surface area contributed by atoms with Gasteiger partial charge in [0.1, 0.15) is 17.6 Å². The van der Waals surface area contributed by atoms with Crippen LogP contribution >= 0.6 is 0 Å². The zero-order valence-corrected chi connectivity index (χ0v) is 22.3. The lowest BCUT2D eigenvalue weighted by Gasteiger charge is -2.38. The van der Waals surface area contributed by atoms with Gasteiger partial charge in [0, 0.05) is 12.2 Å². The van der Waals surface area contributed by atoms with E-state index < -0.39 is 41.1 Å². The van der Waals surface area contributed by atoms with Crippen LogP contribution in [-0.2, 0) is 23.9 Å². The van der Waals surface area contributed by atoms with Gasteiger partial charge in [0.15, 0.2) is 0 Å². The van der Waals surface area contributed by atoms with Gasteiger partial charge in [-0.25, -0.2) is 0 Å². The van der Waals surface area contributed by atoms with Crippen LogP contribution in [0, 0.1) is 11.8 Å². The van der Waals surface area contributed by atoms with Crippen molar-refractivity contribution in [2.24, 2.45) is 11.8 Å². The van der Waals surface area contributed by atoms with E-state index in [1.54, 1.807) is 24.8 Å².